The number of ether oxygens (including phenoxy) is 2. The van der Waals surface area contributed by atoms with E-state index in [9.17, 15) is 4.79 Å². The first-order chi connectivity index (χ1) is 9.19. The smallest absolute Gasteiger partial charge is 0.338 e. The molecule has 0 N–H and O–H groups in total. The number of carbonyl (C=O) groups excluding carboxylic acids is 1. The minimum Gasteiger partial charge on any atom is -0.494 e. The largest absolute Gasteiger partial charge is 0.494 e. The zero-order valence-electron chi connectivity index (χ0n) is 12.0. The average molecular weight is 300 g/mol. The summed E-state index contributed by atoms with van der Waals surface area (Å²) in [5, 5.41) is 0. The highest BCUT2D eigenvalue weighted by Crippen LogP contribution is 2.17. The van der Waals surface area contributed by atoms with Gasteiger partial charge in [-0.15, -0.1) is 12.4 Å². The highest BCUT2D eigenvalue weighted by atomic mass is 35.5. The molecule has 1 heterocycles. The summed E-state index contributed by atoms with van der Waals surface area (Å²) in [6.07, 6.45) is 1.88. The zero-order valence-corrected chi connectivity index (χ0v) is 12.8. The number of rotatable bonds is 4. The van der Waals surface area contributed by atoms with E-state index in [2.05, 4.69) is 11.9 Å². The van der Waals surface area contributed by atoms with Crippen LogP contribution < -0.4 is 4.74 Å². The highest BCUT2D eigenvalue weighted by Gasteiger charge is 2.20. The van der Waals surface area contributed by atoms with Gasteiger partial charge in [0.1, 0.15) is 11.9 Å². The standard InChI is InChI=1S/C15H21NO3.ClH/c1-3-18-13-6-4-12(5-7-13)15(17)19-14-8-10-16(2)11-9-14;/h4-7,14H,3,8-11H2,1-2H3;1H. The van der Waals surface area contributed by atoms with Gasteiger partial charge in [-0.1, -0.05) is 0 Å². The number of hydrogen-bond acceptors (Lipinski definition) is 4. The first kappa shape index (κ1) is 16.8. The van der Waals surface area contributed by atoms with Crippen molar-refractivity contribution in [3.63, 3.8) is 0 Å². The Balaban J connectivity index is 0.00000200. The summed E-state index contributed by atoms with van der Waals surface area (Å²) in [7, 11) is 2.09. The predicted octanol–water partition coefficient (Wildman–Crippen LogP) is 2.76. The lowest BCUT2D eigenvalue weighted by Gasteiger charge is -2.28. The van der Waals surface area contributed by atoms with Crippen LogP contribution in [0.3, 0.4) is 0 Å². The van der Waals surface area contributed by atoms with Gasteiger partial charge < -0.3 is 14.4 Å². The van der Waals surface area contributed by atoms with Crippen LogP contribution in [0.15, 0.2) is 24.3 Å². The molecule has 1 aliphatic rings. The van der Waals surface area contributed by atoms with Gasteiger partial charge >= 0.3 is 5.97 Å². The molecular formula is C15H22ClNO3. The van der Waals surface area contributed by atoms with Crippen molar-refractivity contribution < 1.29 is 14.3 Å². The van der Waals surface area contributed by atoms with Gasteiger partial charge in [0, 0.05) is 13.1 Å². The summed E-state index contributed by atoms with van der Waals surface area (Å²) >= 11 is 0. The van der Waals surface area contributed by atoms with Crippen molar-refractivity contribution in [3.05, 3.63) is 29.8 Å². The molecule has 0 aliphatic carbocycles. The number of nitrogens with zero attached hydrogens (tertiary/aromatic N) is 1. The minimum absolute atomic E-state index is 0. The Morgan fingerprint density at radius 3 is 2.40 bits per heavy atom. The number of hydrogen-bond donors (Lipinski definition) is 0. The second-order valence-corrected chi connectivity index (χ2v) is 4.87. The molecule has 1 saturated heterocycles. The van der Waals surface area contributed by atoms with Gasteiger partial charge in [0.2, 0.25) is 0 Å². The zero-order chi connectivity index (χ0) is 13.7. The summed E-state index contributed by atoms with van der Waals surface area (Å²) in [6, 6.07) is 7.11. The normalized spacial score (nSPS) is 16.3. The van der Waals surface area contributed by atoms with Crippen LogP contribution in [0.5, 0.6) is 5.75 Å². The van der Waals surface area contributed by atoms with Crippen molar-refractivity contribution in [1.82, 2.24) is 4.90 Å². The molecule has 1 aromatic rings. The van der Waals surface area contributed by atoms with Crippen LogP contribution in [0.1, 0.15) is 30.1 Å². The molecule has 0 atom stereocenters. The van der Waals surface area contributed by atoms with Crippen molar-refractivity contribution in [2.24, 2.45) is 0 Å². The Kier molecular flexibility index (Phi) is 6.82. The van der Waals surface area contributed by atoms with Crippen molar-refractivity contribution in [2.75, 3.05) is 26.7 Å². The number of carbonyl (C=O) groups is 1. The maximum absolute atomic E-state index is 12.0. The van der Waals surface area contributed by atoms with Gasteiger partial charge in [0.25, 0.3) is 0 Å². The van der Waals surface area contributed by atoms with Gasteiger partial charge in [-0.3, -0.25) is 0 Å². The molecule has 0 spiro atoms. The van der Waals surface area contributed by atoms with E-state index < -0.39 is 0 Å². The lowest BCUT2D eigenvalue weighted by Crippen LogP contribution is -2.35. The molecule has 4 nitrogen and oxygen atoms in total. The van der Waals surface area contributed by atoms with Crippen LogP contribution in [-0.2, 0) is 4.74 Å². The van der Waals surface area contributed by atoms with Crippen molar-refractivity contribution in [2.45, 2.75) is 25.9 Å². The summed E-state index contributed by atoms with van der Waals surface area (Å²) in [6.45, 7) is 4.53. The Labute approximate surface area is 126 Å². The molecule has 0 amide bonds. The molecule has 2 rings (SSSR count). The molecule has 1 fully saturated rings. The lowest BCUT2D eigenvalue weighted by molar-refractivity contribution is 0.0139. The van der Waals surface area contributed by atoms with E-state index in [0.29, 0.717) is 12.2 Å². The van der Waals surface area contributed by atoms with Gasteiger partial charge in [-0.05, 0) is 51.1 Å². The van der Waals surface area contributed by atoms with Crippen LogP contribution in [0, 0.1) is 0 Å². The summed E-state index contributed by atoms with van der Waals surface area (Å²) < 4.78 is 10.9. The third kappa shape index (κ3) is 4.69. The van der Waals surface area contributed by atoms with Crippen LogP contribution in [0.4, 0.5) is 0 Å². The Bertz CT molecular complexity index is 414. The Morgan fingerprint density at radius 1 is 1.25 bits per heavy atom. The fourth-order valence-electron chi connectivity index (χ4n) is 2.18. The lowest BCUT2D eigenvalue weighted by atomic mass is 10.1. The van der Waals surface area contributed by atoms with E-state index in [1.54, 1.807) is 24.3 Å². The molecule has 5 heteroatoms. The molecule has 0 bridgehead atoms. The van der Waals surface area contributed by atoms with Gasteiger partial charge in [0.15, 0.2) is 0 Å². The first-order valence-corrected chi connectivity index (χ1v) is 6.81. The Morgan fingerprint density at radius 2 is 1.85 bits per heavy atom. The topological polar surface area (TPSA) is 38.8 Å². The minimum atomic E-state index is -0.238. The maximum Gasteiger partial charge on any atom is 0.338 e. The van der Waals surface area contributed by atoms with E-state index >= 15 is 0 Å². The molecule has 1 aromatic carbocycles. The number of esters is 1. The van der Waals surface area contributed by atoms with Crippen LogP contribution >= 0.6 is 12.4 Å². The molecule has 20 heavy (non-hydrogen) atoms. The molecular weight excluding hydrogens is 278 g/mol. The maximum atomic E-state index is 12.0. The van der Waals surface area contributed by atoms with Crippen LogP contribution in [-0.4, -0.2) is 43.7 Å². The molecule has 0 aromatic heterocycles. The second kappa shape index (κ2) is 8.12. The number of likely N-dealkylation sites (tertiary alicyclic amines) is 1. The molecule has 0 radical (unpaired) electrons. The van der Waals surface area contributed by atoms with Crippen molar-refractivity contribution >= 4 is 18.4 Å². The van der Waals surface area contributed by atoms with E-state index in [-0.39, 0.29) is 24.5 Å². The summed E-state index contributed by atoms with van der Waals surface area (Å²) in [4.78, 5) is 14.2. The molecule has 0 saturated carbocycles. The van der Waals surface area contributed by atoms with E-state index in [0.717, 1.165) is 31.7 Å². The fourth-order valence-corrected chi connectivity index (χ4v) is 2.18. The van der Waals surface area contributed by atoms with Crippen LogP contribution in [0.2, 0.25) is 0 Å². The van der Waals surface area contributed by atoms with Crippen molar-refractivity contribution in [3.8, 4) is 5.75 Å². The third-order valence-electron chi connectivity index (χ3n) is 3.34. The van der Waals surface area contributed by atoms with E-state index in [4.69, 9.17) is 9.47 Å². The molecule has 112 valence electrons. The van der Waals surface area contributed by atoms with E-state index in [1.807, 2.05) is 6.92 Å². The van der Waals surface area contributed by atoms with Crippen molar-refractivity contribution in [1.29, 1.82) is 0 Å². The summed E-state index contributed by atoms with van der Waals surface area (Å²) in [5.74, 6) is 0.538. The number of piperidine rings is 1. The van der Waals surface area contributed by atoms with Gasteiger partial charge in [-0.2, -0.15) is 0 Å². The summed E-state index contributed by atoms with van der Waals surface area (Å²) in [5.41, 5.74) is 0.586. The van der Waals surface area contributed by atoms with E-state index in [1.165, 1.54) is 0 Å². The quantitative estimate of drug-likeness (QED) is 0.802. The van der Waals surface area contributed by atoms with Gasteiger partial charge in [-0.25, -0.2) is 4.79 Å². The number of halogens is 1. The highest BCUT2D eigenvalue weighted by molar-refractivity contribution is 5.89. The average Bonchev–Trinajstić information content (AvgIpc) is 2.42. The number of benzene rings is 1. The first-order valence-electron chi connectivity index (χ1n) is 6.81. The molecule has 1 aliphatic heterocycles. The van der Waals surface area contributed by atoms with Gasteiger partial charge in [0.05, 0.1) is 12.2 Å². The fraction of sp³-hybridized carbons (Fsp3) is 0.533. The monoisotopic (exact) mass is 299 g/mol. The van der Waals surface area contributed by atoms with Crippen LogP contribution in [0.25, 0.3) is 0 Å². The SMILES string of the molecule is CCOc1ccc(C(=O)OC2CCN(C)CC2)cc1.Cl. The second-order valence-electron chi connectivity index (χ2n) is 4.87. The molecule has 0 unspecified atom stereocenters. The predicted molar refractivity (Wildman–Crippen MR) is 80.8 cm³/mol. The third-order valence-corrected chi connectivity index (χ3v) is 3.34. The Hall–Kier alpha value is -1.26.